The molecule has 2 aromatic carbocycles. The molecule has 0 radical (unpaired) electrons. The predicted octanol–water partition coefficient (Wildman–Crippen LogP) is 6.08. The van der Waals surface area contributed by atoms with Crippen LogP contribution in [0.1, 0.15) is 72.6 Å². The Morgan fingerprint density at radius 1 is 1.06 bits per heavy atom. The number of hydrogen-bond donors (Lipinski definition) is 0. The molecule has 6 heteroatoms. The van der Waals surface area contributed by atoms with Crippen molar-refractivity contribution < 1.29 is 14.3 Å². The van der Waals surface area contributed by atoms with Gasteiger partial charge in [-0.3, -0.25) is 9.59 Å². The topological polar surface area (TPSA) is 49.9 Å². The summed E-state index contributed by atoms with van der Waals surface area (Å²) < 4.78 is 5.34. The highest BCUT2D eigenvalue weighted by Crippen LogP contribution is 2.38. The second-order valence-corrected chi connectivity index (χ2v) is 11.7. The van der Waals surface area contributed by atoms with E-state index in [-0.39, 0.29) is 35.9 Å². The number of carbonyl (C=O) groups excluding carboxylic acids is 2. The molecule has 0 bridgehead atoms. The maximum atomic E-state index is 13.8. The highest BCUT2D eigenvalue weighted by Gasteiger charge is 2.34. The van der Waals surface area contributed by atoms with E-state index in [4.69, 9.17) is 4.74 Å². The van der Waals surface area contributed by atoms with Crippen molar-refractivity contribution in [2.24, 2.45) is 0 Å². The fraction of sp³-hybridized carbons (Fsp3) is 0.400. The van der Waals surface area contributed by atoms with Crippen molar-refractivity contribution in [2.45, 2.75) is 58.5 Å². The molecule has 190 valence electrons. The van der Waals surface area contributed by atoms with E-state index in [1.54, 1.807) is 23.3 Å². The molecule has 1 aliphatic heterocycles. The van der Waals surface area contributed by atoms with E-state index in [0.717, 1.165) is 17.7 Å². The van der Waals surface area contributed by atoms with Gasteiger partial charge in [-0.2, -0.15) is 0 Å². The molecule has 2 amide bonds. The van der Waals surface area contributed by atoms with Crippen molar-refractivity contribution in [3.8, 4) is 5.75 Å². The zero-order valence-electron chi connectivity index (χ0n) is 22.1. The fourth-order valence-corrected chi connectivity index (χ4v) is 5.64. The lowest BCUT2D eigenvalue weighted by Gasteiger charge is -2.38. The molecule has 0 spiro atoms. The maximum absolute atomic E-state index is 13.8. The molecule has 36 heavy (non-hydrogen) atoms. The average molecular weight is 505 g/mol. The van der Waals surface area contributed by atoms with Crippen LogP contribution in [0.2, 0.25) is 0 Å². The summed E-state index contributed by atoms with van der Waals surface area (Å²) in [4.78, 5) is 32.2. The summed E-state index contributed by atoms with van der Waals surface area (Å²) in [6.07, 6.45) is 0.829. The van der Waals surface area contributed by atoms with Crippen LogP contribution in [0.4, 0.5) is 0 Å². The third-order valence-corrected chi connectivity index (χ3v) is 7.90. The third-order valence-electron chi connectivity index (χ3n) is 6.91. The quantitative estimate of drug-likeness (QED) is 0.409. The number of benzene rings is 2. The number of amides is 2. The SMILES string of the molecule is COc1ccc(C2c3ccsc3CCN2C(=O)CN(C(=O)c2ccc(C(C)(C)C)cc2)C(C)C)cc1. The lowest BCUT2D eigenvalue weighted by atomic mass is 9.86. The number of hydrogen-bond acceptors (Lipinski definition) is 4. The molecule has 0 aliphatic carbocycles. The molecule has 0 N–H and O–H groups in total. The molecular weight excluding hydrogens is 468 g/mol. The second kappa shape index (κ2) is 10.5. The predicted molar refractivity (Wildman–Crippen MR) is 146 cm³/mol. The van der Waals surface area contributed by atoms with Crippen LogP contribution in [0, 0.1) is 0 Å². The number of thiophene rings is 1. The Morgan fingerprint density at radius 2 is 1.72 bits per heavy atom. The van der Waals surface area contributed by atoms with E-state index >= 15 is 0 Å². The Balaban J connectivity index is 1.59. The summed E-state index contributed by atoms with van der Waals surface area (Å²) in [6, 6.07) is 17.5. The van der Waals surface area contributed by atoms with Gasteiger partial charge in [0.05, 0.1) is 13.2 Å². The van der Waals surface area contributed by atoms with Crippen LogP contribution in [0.3, 0.4) is 0 Å². The van der Waals surface area contributed by atoms with Crippen LogP contribution < -0.4 is 4.74 Å². The second-order valence-electron chi connectivity index (χ2n) is 10.7. The maximum Gasteiger partial charge on any atom is 0.254 e. The first-order valence-electron chi connectivity index (χ1n) is 12.5. The van der Waals surface area contributed by atoms with Crippen LogP contribution in [0.5, 0.6) is 5.75 Å². The molecule has 1 aromatic heterocycles. The summed E-state index contributed by atoms with van der Waals surface area (Å²) >= 11 is 1.74. The first kappa shape index (κ1) is 26.0. The van der Waals surface area contributed by atoms with Gasteiger partial charge >= 0.3 is 0 Å². The summed E-state index contributed by atoms with van der Waals surface area (Å²) in [5, 5.41) is 2.10. The Bertz CT molecular complexity index is 1210. The van der Waals surface area contributed by atoms with Crippen molar-refractivity contribution in [1.82, 2.24) is 9.80 Å². The summed E-state index contributed by atoms with van der Waals surface area (Å²) in [6.45, 7) is 11.1. The number of fused-ring (bicyclic) bond motifs is 1. The Hall–Kier alpha value is -3.12. The summed E-state index contributed by atoms with van der Waals surface area (Å²) in [5.41, 5.74) is 4.01. The van der Waals surface area contributed by atoms with Crippen LogP contribution in [-0.4, -0.2) is 47.9 Å². The minimum atomic E-state index is -0.173. The molecule has 1 unspecified atom stereocenters. The monoisotopic (exact) mass is 504 g/mol. The first-order chi connectivity index (χ1) is 17.1. The van der Waals surface area contributed by atoms with Crippen molar-refractivity contribution >= 4 is 23.2 Å². The Labute approximate surface area is 218 Å². The summed E-state index contributed by atoms with van der Waals surface area (Å²) in [7, 11) is 1.65. The Kier molecular flexibility index (Phi) is 7.55. The normalized spacial score (nSPS) is 15.5. The van der Waals surface area contributed by atoms with Gasteiger partial charge in [0.15, 0.2) is 0 Å². The molecule has 5 nitrogen and oxygen atoms in total. The molecule has 4 rings (SSSR count). The number of nitrogens with zero attached hydrogens (tertiary/aromatic N) is 2. The van der Waals surface area contributed by atoms with Gasteiger partial charge in [-0.1, -0.05) is 45.0 Å². The van der Waals surface area contributed by atoms with Gasteiger partial charge in [0.1, 0.15) is 12.3 Å². The van der Waals surface area contributed by atoms with Crippen LogP contribution in [-0.2, 0) is 16.6 Å². The molecule has 1 aliphatic rings. The molecule has 3 aromatic rings. The molecule has 1 atom stereocenters. The van der Waals surface area contributed by atoms with Gasteiger partial charge in [-0.15, -0.1) is 11.3 Å². The number of methoxy groups -OCH3 is 1. The van der Waals surface area contributed by atoms with Crippen molar-refractivity contribution in [3.05, 3.63) is 87.1 Å². The standard InChI is InChI=1S/C30H36N2O3S/c1-20(2)32(29(34)22-7-11-23(12-8-22)30(3,4)5)19-27(33)31-17-15-26-25(16-18-36-26)28(31)21-9-13-24(35-6)14-10-21/h7-14,16,18,20,28H,15,17,19H2,1-6H3. The van der Waals surface area contributed by atoms with E-state index in [9.17, 15) is 9.59 Å². The van der Waals surface area contributed by atoms with Crippen molar-refractivity contribution in [3.63, 3.8) is 0 Å². The lowest BCUT2D eigenvalue weighted by Crippen LogP contribution is -2.48. The van der Waals surface area contributed by atoms with E-state index < -0.39 is 0 Å². The number of ether oxygens (including phenoxy) is 1. The van der Waals surface area contributed by atoms with E-state index in [1.807, 2.05) is 67.3 Å². The fourth-order valence-electron chi connectivity index (χ4n) is 4.73. The van der Waals surface area contributed by atoms with Gasteiger partial charge in [0.2, 0.25) is 5.91 Å². The molecular formula is C30H36N2O3S. The highest BCUT2D eigenvalue weighted by molar-refractivity contribution is 7.10. The summed E-state index contributed by atoms with van der Waals surface area (Å²) in [5.74, 6) is 0.626. The van der Waals surface area contributed by atoms with E-state index in [1.165, 1.54) is 16.0 Å². The van der Waals surface area contributed by atoms with Gasteiger partial charge < -0.3 is 14.5 Å². The van der Waals surface area contributed by atoms with E-state index in [2.05, 4.69) is 32.2 Å². The van der Waals surface area contributed by atoms with Crippen molar-refractivity contribution in [2.75, 3.05) is 20.2 Å². The average Bonchev–Trinajstić information content (AvgIpc) is 3.34. The smallest absolute Gasteiger partial charge is 0.254 e. The minimum absolute atomic E-state index is 0.0144. The zero-order chi connectivity index (χ0) is 26.0. The lowest BCUT2D eigenvalue weighted by molar-refractivity contribution is -0.134. The molecule has 0 fully saturated rings. The highest BCUT2D eigenvalue weighted by atomic mass is 32.1. The van der Waals surface area contributed by atoms with E-state index in [0.29, 0.717) is 12.1 Å². The van der Waals surface area contributed by atoms with Crippen LogP contribution >= 0.6 is 11.3 Å². The van der Waals surface area contributed by atoms with Gasteiger partial charge in [0.25, 0.3) is 5.91 Å². The van der Waals surface area contributed by atoms with Crippen molar-refractivity contribution in [1.29, 1.82) is 0 Å². The number of carbonyl (C=O) groups is 2. The third kappa shape index (κ3) is 5.34. The molecule has 0 saturated heterocycles. The first-order valence-corrected chi connectivity index (χ1v) is 13.4. The van der Waals surface area contributed by atoms with Gasteiger partial charge in [0, 0.05) is 23.0 Å². The molecule has 0 saturated carbocycles. The van der Waals surface area contributed by atoms with Crippen LogP contribution in [0.15, 0.2) is 60.0 Å². The van der Waals surface area contributed by atoms with Gasteiger partial charge in [-0.25, -0.2) is 0 Å². The largest absolute Gasteiger partial charge is 0.497 e. The minimum Gasteiger partial charge on any atom is -0.497 e. The number of rotatable bonds is 6. The Morgan fingerprint density at radius 3 is 2.31 bits per heavy atom. The molecule has 2 heterocycles. The van der Waals surface area contributed by atoms with Gasteiger partial charge in [-0.05, 0) is 78.1 Å². The van der Waals surface area contributed by atoms with Crippen LogP contribution in [0.25, 0.3) is 0 Å². The zero-order valence-corrected chi connectivity index (χ0v) is 22.9.